The van der Waals surface area contributed by atoms with E-state index in [-0.39, 0.29) is 47.1 Å². The van der Waals surface area contributed by atoms with Crippen LogP contribution >= 0.6 is 0 Å². The SMILES string of the molecule is CCCCCCCCCCCCCCCC(=O)OC(=O)CNC.[Ca+2].[H-].[H-]. The molecule has 140 valence electrons. The molecule has 0 saturated carbocycles. The van der Waals surface area contributed by atoms with Gasteiger partial charge in [-0.3, -0.25) is 9.59 Å². The van der Waals surface area contributed by atoms with E-state index in [2.05, 4.69) is 17.0 Å². The molecule has 0 heterocycles. The van der Waals surface area contributed by atoms with Crippen molar-refractivity contribution < 1.29 is 17.2 Å². The van der Waals surface area contributed by atoms with Gasteiger partial charge in [0.25, 0.3) is 0 Å². The van der Waals surface area contributed by atoms with Crippen LogP contribution in [0.4, 0.5) is 0 Å². The van der Waals surface area contributed by atoms with Gasteiger partial charge < -0.3 is 12.9 Å². The van der Waals surface area contributed by atoms with Crippen molar-refractivity contribution in [2.24, 2.45) is 0 Å². The Morgan fingerprint density at radius 1 is 0.750 bits per heavy atom. The van der Waals surface area contributed by atoms with Crippen LogP contribution in [-0.2, 0) is 14.3 Å². The molecule has 0 aliphatic carbocycles. The van der Waals surface area contributed by atoms with Gasteiger partial charge in [-0.2, -0.15) is 0 Å². The Morgan fingerprint density at radius 2 is 1.17 bits per heavy atom. The number of carbonyl (C=O) groups is 2. The summed E-state index contributed by atoms with van der Waals surface area (Å²) < 4.78 is 4.66. The second-order valence-electron chi connectivity index (χ2n) is 6.37. The van der Waals surface area contributed by atoms with Gasteiger partial charge in [-0.15, -0.1) is 0 Å². The monoisotopic (exact) mass is 369 g/mol. The fourth-order valence-electron chi connectivity index (χ4n) is 2.65. The Labute approximate surface area is 181 Å². The van der Waals surface area contributed by atoms with E-state index in [1.165, 1.54) is 70.6 Å². The Kier molecular flexibility index (Phi) is 23.7. The fraction of sp³-hybridized carbons (Fsp3) is 0.895. The van der Waals surface area contributed by atoms with Crippen molar-refractivity contribution >= 4 is 49.7 Å². The fourth-order valence-corrected chi connectivity index (χ4v) is 2.65. The second-order valence-corrected chi connectivity index (χ2v) is 6.37. The molecule has 0 radical (unpaired) electrons. The molecule has 0 bridgehead atoms. The van der Waals surface area contributed by atoms with E-state index < -0.39 is 11.9 Å². The van der Waals surface area contributed by atoms with Crippen molar-refractivity contribution in [2.75, 3.05) is 13.6 Å². The van der Waals surface area contributed by atoms with E-state index >= 15 is 0 Å². The number of hydrogen-bond donors (Lipinski definition) is 1. The minimum atomic E-state index is -0.493. The maximum absolute atomic E-state index is 11.4. The smallest absolute Gasteiger partial charge is 1.00 e. The third-order valence-electron chi connectivity index (χ3n) is 4.03. The first kappa shape index (κ1) is 26.6. The number of nitrogens with one attached hydrogen (secondary N) is 1. The van der Waals surface area contributed by atoms with Gasteiger partial charge in [0.15, 0.2) is 0 Å². The Hall–Kier alpha value is 0.360. The molecule has 0 aliphatic rings. The summed E-state index contributed by atoms with van der Waals surface area (Å²) in [4.78, 5) is 22.4. The van der Waals surface area contributed by atoms with Crippen LogP contribution in [0.5, 0.6) is 0 Å². The van der Waals surface area contributed by atoms with Crippen molar-refractivity contribution in [1.29, 1.82) is 0 Å². The molecule has 24 heavy (non-hydrogen) atoms. The van der Waals surface area contributed by atoms with Gasteiger partial charge in [0.2, 0.25) is 0 Å². The van der Waals surface area contributed by atoms with Gasteiger partial charge in [-0.25, -0.2) is 0 Å². The van der Waals surface area contributed by atoms with E-state index in [1.54, 1.807) is 7.05 Å². The minimum Gasteiger partial charge on any atom is -1.00 e. The van der Waals surface area contributed by atoms with Gasteiger partial charge in [-0.05, 0) is 13.5 Å². The Morgan fingerprint density at radius 3 is 1.58 bits per heavy atom. The van der Waals surface area contributed by atoms with Gasteiger partial charge in [0.05, 0.1) is 6.54 Å². The van der Waals surface area contributed by atoms with Crippen LogP contribution in [0.25, 0.3) is 0 Å². The van der Waals surface area contributed by atoms with Crippen LogP contribution in [0.2, 0.25) is 0 Å². The molecule has 0 fully saturated rings. The van der Waals surface area contributed by atoms with Crippen molar-refractivity contribution in [3.63, 3.8) is 0 Å². The van der Waals surface area contributed by atoms with Crippen molar-refractivity contribution in [1.82, 2.24) is 5.32 Å². The van der Waals surface area contributed by atoms with Crippen LogP contribution in [0, 0.1) is 0 Å². The van der Waals surface area contributed by atoms with Crippen LogP contribution in [0.15, 0.2) is 0 Å². The maximum Gasteiger partial charge on any atom is 2.00 e. The summed E-state index contributed by atoms with van der Waals surface area (Å²) in [7, 11) is 1.65. The number of hydrogen-bond acceptors (Lipinski definition) is 4. The minimum absolute atomic E-state index is 0. The van der Waals surface area contributed by atoms with Crippen LogP contribution in [0.1, 0.15) is 99.7 Å². The predicted molar refractivity (Wildman–Crippen MR) is 103 cm³/mol. The molecule has 1 N–H and O–H groups in total. The quantitative estimate of drug-likeness (QED) is 0.187. The molecule has 0 aromatic rings. The molecular weight excluding hydrogens is 330 g/mol. The Balaban J connectivity index is -0.000000807. The zero-order valence-corrected chi connectivity index (χ0v) is 18.2. The Bertz CT molecular complexity index is 309. The molecule has 0 unspecified atom stereocenters. The zero-order chi connectivity index (χ0) is 17.2. The number of esters is 2. The van der Waals surface area contributed by atoms with Crippen LogP contribution in [0.3, 0.4) is 0 Å². The first-order chi connectivity index (χ1) is 11.2. The number of unbranched alkanes of at least 4 members (excludes halogenated alkanes) is 12. The average molecular weight is 370 g/mol. The van der Waals surface area contributed by atoms with Gasteiger partial charge in [0, 0.05) is 6.42 Å². The average Bonchev–Trinajstić information content (AvgIpc) is 2.52. The molecule has 5 heteroatoms. The van der Waals surface area contributed by atoms with E-state index in [0.717, 1.165) is 12.8 Å². The summed E-state index contributed by atoms with van der Waals surface area (Å²) in [6, 6.07) is 0. The van der Waals surface area contributed by atoms with E-state index in [0.29, 0.717) is 6.42 Å². The van der Waals surface area contributed by atoms with E-state index in [4.69, 9.17) is 0 Å². The zero-order valence-electron chi connectivity index (χ0n) is 18.0. The van der Waals surface area contributed by atoms with Crippen LogP contribution < -0.4 is 5.32 Å². The van der Waals surface area contributed by atoms with E-state index in [9.17, 15) is 9.59 Å². The number of likely N-dealkylation sites (N-methyl/N-ethyl adjacent to an activating group) is 1. The number of rotatable bonds is 16. The maximum atomic E-state index is 11.4. The standard InChI is InChI=1S/C19H37NO3.Ca.2H/c1-3-4-5-6-7-8-9-10-11-12-13-14-15-16-18(21)23-19(22)17-20-2;;;/h20H,3-17H2,1-2H3;;;/q;+2;2*-1. The van der Waals surface area contributed by atoms with Gasteiger partial charge in [-0.1, -0.05) is 84.0 Å². The van der Waals surface area contributed by atoms with Gasteiger partial charge in [0.1, 0.15) is 0 Å². The first-order valence-electron chi connectivity index (χ1n) is 9.58. The summed E-state index contributed by atoms with van der Waals surface area (Å²) in [5.41, 5.74) is 0. The molecule has 4 nitrogen and oxygen atoms in total. The van der Waals surface area contributed by atoms with Crippen molar-refractivity contribution in [3.8, 4) is 0 Å². The van der Waals surface area contributed by atoms with Gasteiger partial charge >= 0.3 is 49.7 Å². The third kappa shape index (κ3) is 20.4. The third-order valence-corrected chi connectivity index (χ3v) is 4.03. The summed E-state index contributed by atoms with van der Waals surface area (Å²) in [6.45, 7) is 2.34. The molecular formula is C19H39CaNO3. The molecule has 0 rings (SSSR count). The second kappa shape index (κ2) is 21.4. The van der Waals surface area contributed by atoms with E-state index in [1.807, 2.05) is 0 Å². The molecule has 0 aromatic carbocycles. The number of ether oxygens (including phenoxy) is 1. The molecule has 0 spiro atoms. The number of carbonyl (C=O) groups excluding carboxylic acids is 2. The normalized spacial score (nSPS) is 10.2. The summed E-state index contributed by atoms with van der Waals surface area (Å²) in [5, 5.41) is 2.66. The topological polar surface area (TPSA) is 55.4 Å². The largest absolute Gasteiger partial charge is 2.00 e. The first-order valence-corrected chi connectivity index (χ1v) is 9.58. The molecule has 0 aromatic heterocycles. The molecule has 0 atom stereocenters. The summed E-state index contributed by atoms with van der Waals surface area (Å²) >= 11 is 0. The van der Waals surface area contributed by atoms with Crippen molar-refractivity contribution in [2.45, 2.75) is 96.8 Å². The predicted octanol–water partition coefficient (Wildman–Crippen LogP) is 4.60. The molecule has 0 aliphatic heterocycles. The summed E-state index contributed by atoms with van der Waals surface area (Å²) in [5.74, 6) is -0.888. The molecule has 0 amide bonds. The molecule has 0 saturated heterocycles. The summed E-state index contributed by atoms with van der Waals surface area (Å²) in [6.07, 6.45) is 17.0. The van der Waals surface area contributed by atoms with Crippen molar-refractivity contribution in [3.05, 3.63) is 0 Å². The van der Waals surface area contributed by atoms with Crippen LogP contribution in [-0.4, -0.2) is 63.3 Å².